The average Bonchev–Trinajstić information content (AvgIpc) is 2.25. The third-order valence-corrected chi connectivity index (χ3v) is 2.32. The number of hydrogen-bond donors (Lipinski definition) is 2. The summed E-state index contributed by atoms with van der Waals surface area (Å²) in [6.45, 7) is 6.45. The SMILES string of the molecule is CC(C)NC(N)=NCC(C)Oc1cccc(Cl)c1. The number of nitrogens with two attached hydrogens (primary N) is 1. The van der Waals surface area contributed by atoms with Gasteiger partial charge in [0, 0.05) is 11.1 Å². The zero-order chi connectivity index (χ0) is 13.5. The van der Waals surface area contributed by atoms with Crippen molar-refractivity contribution in [2.75, 3.05) is 6.54 Å². The highest BCUT2D eigenvalue weighted by molar-refractivity contribution is 6.30. The van der Waals surface area contributed by atoms with Crippen LogP contribution in [0.15, 0.2) is 29.3 Å². The molecule has 0 heterocycles. The molecule has 0 aliphatic carbocycles. The van der Waals surface area contributed by atoms with Gasteiger partial charge in [-0.15, -0.1) is 0 Å². The van der Waals surface area contributed by atoms with E-state index in [1.165, 1.54) is 0 Å². The Hall–Kier alpha value is -1.42. The molecule has 0 bridgehead atoms. The van der Waals surface area contributed by atoms with Crippen molar-refractivity contribution in [2.45, 2.75) is 32.9 Å². The van der Waals surface area contributed by atoms with E-state index >= 15 is 0 Å². The van der Waals surface area contributed by atoms with Gasteiger partial charge in [-0.1, -0.05) is 17.7 Å². The van der Waals surface area contributed by atoms with Gasteiger partial charge in [0.25, 0.3) is 0 Å². The number of halogens is 1. The molecule has 0 radical (unpaired) electrons. The van der Waals surface area contributed by atoms with Crippen molar-refractivity contribution < 1.29 is 4.74 Å². The van der Waals surface area contributed by atoms with E-state index < -0.39 is 0 Å². The molecule has 0 aliphatic rings. The monoisotopic (exact) mass is 269 g/mol. The smallest absolute Gasteiger partial charge is 0.188 e. The van der Waals surface area contributed by atoms with Gasteiger partial charge in [-0.05, 0) is 39.0 Å². The van der Waals surface area contributed by atoms with Crippen LogP contribution < -0.4 is 15.8 Å². The number of rotatable bonds is 5. The second-order valence-corrected chi connectivity index (χ2v) is 4.85. The van der Waals surface area contributed by atoms with Gasteiger partial charge in [0.05, 0.1) is 6.54 Å². The molecule has 5 heteroatoms. The third-order valence-electron chi connectivity index (χ3n) is 2.09. The minimum Gasteiger partial charge on any atom is -0.489 e. The van der Waals surface area contributed by atoms with Gasteiger partial charge in [0.1, 0.15) is 11.9 Å². The second kappa shape index (κ2) is 7.11. The lowest BCUT2D eigenvalue weighted by Crippen LogP contribution is -2.37. The number of hydrogen-bond acceptors (Lipinski definition) is 2. The van der Waals surface area contributed by atoms with Crippen LogP contribution in [0.25, 0.3) is 0 Å². The molecular weight excluding hydrogens is 250 g/mol. The number of aliphatic imine (C=N–C) groups is 1. The fourth-order valence-corrected chi connectivity index (χ4v) is 1.56. The van der Waals surface area contributed by atoms with Gasteiger partial charge >= 0.3 is 0 Å². The molecule has 0 amide bonds. The van der Waals surface area contributed by atoms with E-state index in [4.69, 9.17) is 22.1 Å². The number of guanidine groups is 1. The van der Waals surface area contributed by atoms with Crippen molar-refractivity contribution in [1.29, 1.82) is 0 Å². The molecule has 0 fully saturated rings. The highest BCUT2D eigenvalue weighted by Gasteiger charge is 2.04. The van der Waals surface area contributed by atoms with Gasteiger partial charge in [-0.2, -0.15) is 0 Å². The molecule has 1 aromatic carbocycles. The zero-order valence-corrected chi connectivity index (χ0v) is 11.7. The topological polar surface area (TPSA) is 59.6 Å². The van der Waals surface area contributed by atoms with Gasteiger partial charge in [-0.25, -0.2) is 4.99 Å². The summed E-state index contributed by atoms with van der Waals surface area (Å²) in [5, 5.41) is 3.68. The van der Waals surface area contributed by atoms with E-state index in [0.717, 1.165) is 5.75 Å². The van der Waals surface area contributed by atoms with E-state index in [0.29, 0.717) is 17.5 Å². The molecule has 1 unspecified atom stereocenters. The lowest BCUT2D eigenvalue weighted by Gasteiger charge is -2.14. The van der Waals surface area contributed by atoms with E-state index in [1.807, 2.05) is 39.0 Å². The Labute approximate surface area is 113 Å². The molecule has 100 valence electrons. The summed E-state index contributed by atoms with van der Waals surface area (Å²) in [7, 11) is 0. The first kappa shape index (κ1) is 14.6. The summed E-state index contributed by atoms with van der Waals surface area (Å²) in [5.41, 5.74) is 5.70. The largest absolute Gasteiger partial charge is 0.489 e. The highest BCUT2D eigenvalue weighted by Crippen LogP contribution is 2.18. The fraction of sp³-hybridized carbons (Fsp3) is 0.462. The van der Waals surface area contributed by atoms with E-state index in [2.05, 4.69) is 10.3 Å². The quantitative estimate of drug-likeness (QED) is 0.638. The van der Waals surface area contributed by atoms with Crippen molar-refractivity contribution in [3.8, 4) is 5.75 Å². The van der Waals surface area contributed by atoms with Crippen molar-refractivity contribution >= 4 is 17.6 Å². The van der Waals surface area contributed by atoms with E-state index in [9.17, 15) is 0 Å². The molecule has 3 N–H and O–H groups in total. The van der Waals surface area contributed by atoms with E-state index in [1.54, 1.807) is 6.07 Å². The lowest BCUT2D eigenvalue weighted by atomic mass is 10.3. The Balaban J connectivity index is 2.44. The highest BCUT2D eigenvalue weighted by atomic mass is 35.5. The van der Waals surface area contributed by atoms with E-state index in [-0.39, 0.29) is 12.1 Å². The van der Waals surface area contributed by atoms with Crippen LogP contribution in [0.2, 0.25) is 5.02 Å². The first-order chi connectivity index (χ1) is 8.47. The third kappa shape index (κ3) is 5.77. The van der Waals surface area contributed by atoms with Crippen LogP contribution >= 0.6 is 11.6 Å². The lowest BCUT2D eigenvalue weighted by molar-refractivity contribution is 0.230. The molecule has 0 saturated heterocycles. The Morgan fingerprint density at radius 2 is 2.17 bits per heavy atom. The van der Waals surface area contributed by atoms with Crippen molar-refractivity contribution in [3.05, 3.63) is 29.3 Å². The number of ether oxygens (including phenoxy) is 1. The molecule has 0 aliphatic heterocycles. The molecule has 1 aromatic rings. The van der Waals surface area contributed by atoms with Crippen LogP contribution in [0.4, 0.5) is 0 Å². The first-order valence-electron chi connectivity index (χ1n) is 5.96. The van der Waals surface area contributed by atoms with Gasteiger partial charge < -0.3 is 15.8 Å². The minimum absolute atomic E-state index is 0.0593. The second-order valence-electron chi connectivity index (χ2n) is 4.41. The summed E-state index contributed by atoms with van der Waals surface area (Å²) in [5.74, 6) is 1.17. The van der Waals surface area contributed by atoms with Gasteiger partial charge in [0.2, 0.25) is 0 Å². The predicted molar refractivity (Wildman–Crippen MR) is 76.3 cm³/mol. The fourth-order valence-electron chi connectivity index (χ4n) is 1.38. The minimum atomic E-state index is -0.0593. The average molecular weight is 270 g/mol. The Morgan fingerprint density at radius 3 is 2.78 bits per heavy atom. The predicted octanol–water partition coefficient (Wildman–Crippen LogP) is 2.42. The first-order valence-corrected chi connectivity index (χ1v) is 6.34. The molecule has 1 atom stereocenters. The van der Waals surface area contributed by atoms with Gasteiger partial charge in [0.15, 0.2) is 5.96 Å². The molecular formula is C13H20ClN3O. The summed E-state index contributed by atoms with van der Waals surface area (Å²) in [6.07, 6.45) is -0.0593. The maximum Gasteiger partial charge on any atom is 0.188 e. The van der Waals surface area contributed by atoms with Crippen LogP contribution in [0.5, 0.6) is 5.75 Å². The number of nitrogens with one attached hydrogen (secondary N) is 1. The Bertz CT molecular complexity index is 407. The maximum absolute atomic E-state index is 5.88. The Morgan fingerprint density at radius 1 is 1.44 bits per heavy atom. The van der Waals surface area contributed by atoms with Crippen molar-refractivity contribution in [2.24, 2.45) is 10.7 Å². The summed E-state index contributed by atoms with van der Waals surface area (Å²) in [4.78, 5) is 4.21. The maximum atomic E-state index is 5.88. The van der Waals surface area contributed by atoms with Crippen LogP contribution in [0.1, 0.15) is 20.8 Å². The Kier molecular flexibility index (Phi) is 5.78. The molecule has 4 nitrogen and oxygen atoms in total. The summed E-state index contributed by atoms with van der Waals surface area (Å²) < 4.78 is 5.68. The molecule has 0 spiro atoms. The van der Waals surface area contributed by atoms with Crippen molar-refractivity contribution in [1.82, 2.24) is 5.32 Å². The summed E-state index contributed by atoms with van der Waals surface area (Å²) >= 11 is 5.88. The van der Waals surface area contributed by atoms with Crippen LogP contribution in [-0.2, 0) is 0 Å². The van der Waals surface area contributed by atoms with Crippen molar-refractivity contribution in [3.63, 3.8) is 0 Å². The molecule has 18 heavy (non-hydrogen) atoms. The number of nitrogens with zero attached hydrogens (tertiary/aromatic N) is 1. The van der Waals surface area contributed by atoms with Crippen LogP contribution in [-0.4, -0.2) is 24.7 Å². The molecule has 0 aromatic heterocycles. The van der Waals surface area contributed by atoms with Crippen LogP contribution in [0.3, 0.4) is 0 Å². The zero-order valence-electron chi connectivity index (χ0n) is 11.0. The molecule has 1 rings (SSSR count). The standard InChI is InChI=1S/C13H20ClN3O/c1-9(2)17-13(15)16-8-10(3)18-12-6-4-5-11(14)7-12/h4-7,9-10H,8H2,1-3H3,(H3,15,16,17). The molecule has 0 saturated carbocycles. The van der Waals surface area contributed by atoms with Crippen LogP contribution in [0, 0.1) is 0 Å². The van der Waals surface area contributed by atoms with Gasteiger partial charge in [-0.3, -0.25) is 0 Å². The summed E-state index contributed by atoms with van der Waals surface area (Å²) in [6, 6.07) is 7.57. The normalized spacial score (nSPS) is 13.5. The number of benzene rings is 1.